The van der Waals surface area contributed by atoms with E-state index in [0.717, 1.165) is 111 Å². The van der Waals surface area contributed by atoms with Gasteiger partial charge in [-0.05, 0) is 201 Å². The Hall–Kier alpha value is -14.0. The van der Waals surface area contributed by atoms with Gasteiger partial charge < -0.3 is 8.83 Å². The molecule has 0 N–H and O–H groups in total. The largest absolute Gasteiger partial charge is 0.439 e. The maximum Gasteiger partial charge on any atom is 0.213 e. The molecule has 3 atom stereocenters. The first kappa shape index (κ1) is 61.6. The minimum atomic E-state index is -0.126. The van der Waals surface area contributed by atoms with Gasteiger partial charge in [0.05, 0.1) is 33.2 Å². The van der Waals surface area contributed by atoms with E-state index in [0.29, 0.717) is 0 Å². The lowest BCUT2D eigenvalue weighted by Crippen LogP contribution is -2.06. The highest BCUT2D eigenvalue weighted by molar-refractivity contribution is 6.27. The van der Waals surface area contributed by atoms with Gasteiger partial charge in [0.15, 0.2) is 5.58 Å². The SMILES string of the molecule is c1ccc(C(c2ccncc2)c2ccc(-c3ccc4c5ccc(-c6ccccc6C(c6ccncc6)c6ccc(-n7c8ccccc8c8c9c(-c%10cc(C(c%11ccccc%11)c%11ccc(-c%12c%13ccccc%13n%13c%12oc%12ccccc%12%13)cc%11)ccn%10)cccc9oc87)cc6)cc5c5ccccc5c4c3)cc2)cc1. The second-order valence-electron chi connectivity index (χ2n) is 28.1. The lowest BCUT2D eigenvalue weighted by atomic mass is 9.81. The average molecular weight is 1370 g/mol. The number of nitrogens with zero attached hydrogens (tertiary/aromatic N) is 5. The number of benzene rings is 14. The monoisotopic (exact) mass is 1370 g/mol. The number of hydrogen-bond acceptors (Lipinski definition) is 5. The van der Waals surface area contributed by atoms with Crippen LogP contribution in [0, 0.1) is 0 Å². The van der Waals surface area contributed by atoms with Gasteiger partial charge in [-0.1, -0.05) is 255 Å². The second-order valence-corrected chi connectivity index (χ2v) is 28.1. The predicted molar refractivity (Wildman–Crippen MR) is 438 cm³/mol. The fourth-order valence-corrected chi connectivity index (χ4v) is 17.4. The number of aromatic nitrogens is 5. The molecule has 7 heteroatoms. The van der Waals surface area contributed by atoms with Crippen LogP contribution in [-0.4, -0.2) is 23.9 Å². The third-order valence-electron chi connectivity index (χ3n) is 22.2. The fourth-order valence-electron chi connectivity index (χ4n) is 17.4. The first-order valence-electron chi connectivity index (χ1n) is 36.6. The van der Waals surface area contributed by atoms with E-state index in [4.69, 9.17) is 13.8 Å². The molecule has 0 spiro atoms. The normalized spacial score (nSPS) is 12.7. The number of oxazole rings is 1. The Balaban J connectivity index is 0.623. The minimum absolute atomic E-state index is 0.0869. The number of hydrogen-bond donors (Lipinski definition) is 0. The average Bonchev–Trinajstić information content (AvgIpc) is 1.64. The number of fused-ring (bicyclic) bond motifs is 16. The van der Waals surface area contributed by atoms with Crippen LogP contribution in [0.25, 0.3) is 143 Å². The van der Waals surface area contributed by atoms with E-state index in [1.165, 1.54) is 82.4 Å². The lowest BCUT2D eigenvalue weighted by Gasteiger charge is -2.23. The first-order valence-corrected chi connectivity index (χ1v) is 36.6. The van der Waals surface area contributed by atoms with Crippen LogP contribution in [0.1, 0.15) is 67.8 Å². The van der Waals surface area contributed by atoms with Crippen LogP contribution in [0.4, 0.5) is 0 Å². The van der Waals surface area contributed by atoms with Gasteiger partial charge in [0.1, 0.15) is 5.58 Å². The summed E-state index contributed by atoms with van der Waals surface area (Å²) in [5, 5.41) is 11.7. The summed E-state index contributed by atoms with van der Waals surface area (Å²) in [6, 6.07) is 126. The van der Waals surface area contributed by atoms with Crippen LogP contribution in [-0.2, 0) is 0 Å². The molecule has 0 radical (unpaired) electrons. The minimum Gasteiger partial charge on any atom is -0.439 e. The van der Waals surface area contributed by atoms with Crippen molar-refractivity contribution in [1.82, 2.24) is 23.9 Å². The third kappa shape index (κ3) is 10.3. The molecule has 0 amide bonds. The first-order chi connectivity index (χ1) is 53.1. The molecule has 14 aromatic carbocycles. The van der Waals surface area contributed by atoms with Crippen molar-refractivity contribution < 1.29 is 8.83 Å². The number of rotatable bonds is 14. The zero-order valence-corrected chi connectivity index (χ0v) is 58.1. The van der Waals surface area contributed by atoms with Crippen molar-refractivity contribution >= 4 is 93.0 Å². The highest BCUT2D eigenvalue weighted by atomic mass is 16.3. The zero-order valence-electron chi connectivity index (χ0n) is 58.1. The highest BCUT2D eigenvalue weighted by Gasteiger charge is 2.28. The maximum atomic E-state index is 7.15. The summed E-state index contributed by atoms with van der Waals surface area (Å²) >= 11 is 0. The van der Waals surface area contributed by atoms with Gasteiger partial charge >= 0.3 is 0 Å². The Kier molecular flexibility index (Phi) is 14.7. The molecule has 0 bridgehead atoms. The Morgan fingerprint density at radius 3 is 1.42 bits per heavy atom. The third-order valence-corrected chi connectivity index (χ3v) is 22.2. The summed E-state index contributed by atoms with van der Waals surface area (Å²) in [5.41, 5.74) is 27.0. The number of furan rings is 1. The van der Waals surface area contributed by atoms with E-state index in [9.17, 15) is 0 Å². The van der Waals surface area contributed by atoms with E-state index in [1.54, 1.807) is 0 Å². The molecule has 21 rings (SSSR count). The molecule has 7 nitrogen and oxygen atoms in total. The van der Waals surface area contributed by atoms with Crippen molar-refractivity contribution in [3.05, 3.63) is 427 Å². The topological polar surface area (TPSA) is 74.3 Å². The van der Waals surface area contributed by atoms with E-state index in [1.807, 2.05) is 43.1 Å². The Morgan fingerprint density at radius 2 is 0.729 bits per heavy atom. The Labute approximate surface area is 616 Å². The summed E-state index contributed by atoms with van der Waals surface area (Å²) in [7, 11) is 0. The van der Waals surface area contributed by atoms with Crippen molar-refractivity contribution in [2.45, 2.75) is 17.8 Å². The van der Waals surface area contributed by atoms with Crippen LogP contribution in [0.5, 0.6) is 0 Å². The molecule has 502 valence electrons. The van der Waals surface area contributed by atoms with Gasteiger partial charge in [-0.3, -0.25) is 23.9 Å². The number of para-hydroxylation sites is 4. The highest BCUT2D eigenvalue weighted by Crippen LogP contribution is 2.48. The number of pyridine rings is 3. The standard InChI is InChI=1S/C100H65N5O2/c1-3-18-64(19-4-1)93(70-50-55-101-56-51-70)66-36-34-63(35-37-66)72-44-48-79-80-49-45-73(61-86(80)78-24-9-8-23-77(78)85(79)60-72)76-22-7-10-25-81(76)95(71-52-57-102-58-53-71)68-42-46-75(47-43-68)104-88-29-13-12-27-84(88)98-97-82(28-17-33-92(97)107-100(98)104)87-62-74(54-59-103-87)94(65-20-5-2-6-21-65)67-38-40-69(41-39-67)96-83-26-11-14-30-89(83)105-90-31-15-16-32-91(90)106-99(96)105/h1-62,93-95H. The van der Waals surface area contributed by atoms with Gasteiger partial charge in [0, 0.05) is 76.1 Å². The van der Waals surface area contributed by atoms with E-state index < -0.39 is 0 Å². The summed E-state index contributed by atoms with van der Waals surface area (Å²) in [6.07, 6.45) is 9.56. The summed E-state index contributed by atoms with van der Waals surface area (Å²) < 4.78 is 18.3. The van der Waals surface area contributed by atoms with Gasteiger partial charge in [-0.2, -0.15) is 0 Å². The quantitative estimate of drug-likeness (QED) is 0.101. The lowest BCUT2D eigenvalue weighted by molar-refractivity contribution is 0.645. The molecule has 3 unspecified atom stereocenters. The molecular formula is C100H65N5O2. The van der Waals surface area contributed by atoms with Crippen LogP contribution in [0.15, 0.2) is 386 Å². The molecule has 0 aliphatic carbocycles. The fraction of sp³-hybridized carbons (Fsp3) is 0.0300. The van der Waals surface area contributed by atoms with E-state index in [-0.39, 0.29) is 17.8 Å². The molecule has 0 aliphatic heterocycles. The smallest absolute Gasteiger partial charge is 0.213 e. The van der Waals surface area contributed by atoms with Crippen molar-refractivity contribution in [2.75, 3.05) is 0 Å². The Bertz CT molecular complexity index is 6920. The zero-order chi connectivity index (χ0) is 70.5. The van der Waals surface area contributed by atoms with Crippen molar-refractivity contribution in [3.63, 3.8) is 0 Å². The summed E-state index contributed by atoms with van der Waals surface area (Å²) in [6.45, 7) is 0. The van der Waals surface area contributed by atoms with E-state index >= 15 is 0 Å². The van der Waals surface area contributed by atoms with Gasteiger partial charge in [0.2, 0.25) is 11.4 Å². The maximum absolute atomic E-state index is 7.15. The molecule has 7 heterocycles. The predicted octanol–water partition coefficient (Wildman–Crippen LogP) is 25.5. The van der Waals surface area contributed by atoms with Crippen LogP contribution in [0.3, 0.4) is 0 Å². The molecular weight excluding hydrogens is 1300 g/mol. The van der Waals surface area contributed by atoms with E-state index in [2.05, 4.69) is 353 Å². The molecule has 7 aromatic heterocycles. The van der Waals surface area contributed by atoms with Crippen molar-refractivity contribution in [2.24, 2.45) is 0 Å². The Morgan fingerprint density at radius 1 is 0.262 bits per heavy atom. The molecule has 0 fully saturated rings. The van der Waals surface area contributed by atoms with Gasteiger partial charge in [-0.25, -0.2) is 0 Å². The van der Waals surface area contributed by atoms with Crippen LogP contribution >= 0.6 is 0 Å². The van der Waals surface area contributed by atoms with Crippen LogP contribution in [0.2, 0.25) is 0 Å². The molecule has 107 heavy (non-hydrogen) atoms. The molecule has 0 saturated heterocycles. The summed E-state index contributed by atoms with van der Waals surface area (Å²) in [5.74, 6) is -0.114. The molecule has 0 saturated carbocycles. The summed E-state index contributed by atoms with van der Waals surface area (Å²) in [4.78, 5) is 14.0. The molecule has 0 aliphatic rings. The van der Waals surface area contributed by atoms with Crippen LogP contribution < -0.4 is 0 Å². The van der Waals surface area contributed by atoms with Gasteiger partial charge in [-0.15, -0.1) is 0 Å². The van der Waals surface area contributed by atoms with Crippen molar-refractivity contribution in [1.29, 1.82) is 0 Å². The molecule has 21 aromatic rings. The van der Waals surface area contributed by atoms with Crippen molar-refractivity contribution in [3.8, 4) is 50.3 Å². The second kappa shape index (κ2) is 25.4. The van der Waals surface area contributed by atoms with Gasteiger partial charge in [0.25, 0.3) is 0 Å².